The number of pyridine rings is 2. The molecule has 1 aliphatic heterocycles. The molecule has 7 rings (SSSR count). The molecule has 3 fully saturated rings. The number of nitrogens with zero attached hydrogens (tertiary/aromatic N) is 4. The van der Waals surface area contributed by atoms with Crippen LogP contribution in [0, 0.1) is 10.8 Å². The van der Waals surface area contributed by atoms with E-state index in [1.54, 1.807) is 43.6 Å². The number of anilines is 2. The topological polar surface area (TPSA) is 140 Å². The van der Waals surface area contributed by atoms with Gasteiger partial charge in [0.1, 0.15) is 22.7 Å². The number of nitrogens with two attached hydrogens (primary N) is 1. The lowest BCUT2D eigenvalue weighted by Crippen LogP contribution is -2.41. The van der Waals surface area contributed by atoms with E-state index in [-0.39, 0.29) is 17.4 Å². The van der Waals surface area contributed by atoms with E-state index in [4.69, 9.17) is 19.9 Å². The molecule has 11 heteroatoms. The zero-order chi connectivity index (χ0) is 31.9. The maximum absolute atomic E-state index is 13.6. The summed E-state index contributed by atoms with van der Waals surface area (Å²) in [5, 5.41) is 11.0. The number of aliphatic hydroxyl groups is 1. The molecule has 1 spiro atoms. The van der Waals surface area contributed by atoms with Crippen molar-refractivity contribution in [1.29, 1.82) is 0 Å². The van der Waals surface area contributed by atoms with Crippen LogP contribution < -0.4 is 24.8 Å². The van der Waals surface area contributed by atoms with Gasteiger partial charge < -0.3 is 25.1 Å². The standard InChI is InChI=1S/C35H37N5O6/c1-44-28-18-25-26(19-29(28)45-17-5-16-39-21-30(41)34(22-39)11-12-34)37-15-10-27(25)46-24-8-9-31(38-20-24)40(23-6-3-2-4-7-23)33(43)35(13-14-35)32(36)42/h2-4,6-10,15,18-20,30,41H,5,11-14,16-17,21-22H2,1H3,(H2,36,42). The van der Waals surface area contributed by atoms with Crippen LogP contribution in [0.15, 0.2) is 73.1 Å². The first-order valence-corrected chi connectivity index (χ1v) is 15.7. The molecule has 11 nitrogen and oxygen atoms in total. The van der Waals surface area contributed by atoms with Crippen molar-refractivity contribution < 1.29 is 28.9 Å². The predicted octanol–water partition coefficient (Wildman–Crippen LogP) is 4.59. The minimum atomic E-state index is -1.21. The van der Waals surface area contributed by atoms with Gasteiger partial charge in [-0.25, -0.2) is 4.98 Å². The largest absolute Gasteiger partial charge is 0.493 e. The average Bonchev–Trinajstić information content (AvgIpc) is 3.99. The first-order valence-electron chi connectivity index (χ1n) is 15.7. The molecule has 4 aromatic rings. The van der Waals surface area contributed by atoms with E-state index < -0.39 is 11.3 Å². The predicted molar refractivity (Wildman–Crippen MR) is 171 cm³/mol. The van der Waals surface area contributed by atoms with Gasteiger partial charge in [0.2, 0.25) is 11.8 Å². The third-order valence-corrected chi connectivity index (χ3v) is 9.46. The number of β-amino-alcohol motifs (C(OH)–C–C–N with tert-alkyl or cyclic N) is 1. The first-order chi connectivity index (χ1) is 22.3. The van der Waals surface area contributed by atoms with Gasteiger partial charge in [0.25, 0.3) is 0 Å². The Labute approximate surface area is 266 Å². The van der Waals surface area contributed by atoms with Crippen molar-refractivity contribution in [2.75, 3.05) is 38.3 Å². The summed E-state index contributed by atoms with van der Waals surface area (Å²) in [5.74, 6) is 1.50. The van der Waals surface area contributed by atoms with Gasteiger partial charge in [0.05, 0.1) is 37.2 Å². The van der Waals surface area contributed by atoms with Gasteiger partial charge >= 0.3 is 0 Å². The van der Waals surface area contributed by atoms with Crippen LogP contribution >= 0.6 is 0 Å². The maximum Gasteiger partial charge on any atom is 0.248 e. The third-order valence-electron chi connectivity index (χ3n) is 9.46. The average molecular weight is 624 g/mol. The van der Waals surface area contributed by atoms with Crippen LogP contribution in [0.4, 0.5) is 11.5 Å². The van der Waals surface area contributed by atoms with Crippen molar-refractivity contribution in [3.8, 4) is 23.0 Å². The van der Waals surface area contributed by atoms with Crippen molar-refractivity contribution in [3.05, 3.63) is 73.1 Å². The molecular formula is C35H37N5O6. The number of fused-ring (bicyclic) bond motifs is 1. The number of aliphatic hydroxyl groups excluding tert-OH is 1. The second-order valence-electron chi connectivity index (χ2n) is 12.5. The second-order valence-corrected chi connectivity index (χ2v) is 12.5. The van der Waals surface area contributed by atoms with E-state index in [1.807, 2.05) is 30.3 Å². The molecule has 0 radical (unpaired) electrons. The molecule has 2 aromatic carbocycles. The number of likely N-dealkylation sites (tertiary alicyclic amines) is 1. The number of hydrogen-bond donors (Lipinski definition) is 2. The molecule has 1 unspecified atom stereocenters. The molecule has 3 N–H and O–H groups in total. The highest BCUT2D eigenvalue weighted by molar-refractivity contribution is 6.16. The maximum atomic E-state index is 13.6. The van der Waals surface area contributed by atoms with E-state index in [9.17, 15) is 14.7 Å². The van der Waals surface area contributed by atoms with E-state index in [2.05, 4.69) is 14.9 Å². The van der Waals surface area contributed by atoms with Crippen LogP contribution in [0.1, 0.15) is 32.1 Å². The van der Waals surface area contributed by atoms with E-state index in [0.29, 0.717) is 59.5 Å². The number of methoxy groups -OCH3 is 1. The highest BCUT2D eigenvalue weighted by Crippen LogP contribution is 2.52. The summed E-state index contributed by atoms with van der Waals surface area (Å²) in [4.78, 5) is 38.6. The van der Waals surface area contributed by atoms with Gasteiger partial charge in [-0.1, -0.05) is 18.2 Å². The first kappa shape index (κ1) is 29.9. The fourth-order valence-corrected chi connectivity index (χ4v) is 6.36. The van der Waals surface area contributed by atoms with E-state index in [1.165, 1.54) is 11.1 Å². The fourth-order valence-electron chi connectivity index (χ4n) is 6.36. The fraction of sp³-hybridized carbons (Fsp3) is 0.371. The summed E-state index contributed by atoms with van der Waals surface area (Å²) in [6.45, 7) is 3.10. The quantitative estimate of drug-likeness (QED) is 0.171. The molecule has 2 amide bonds. The number of ether oxygens (including phenoxy) is 3. The van der Waals surface area contributed by atoms with Gasteiger partial charge in [-0.15, -0.1) is 0 Å². The smallest absolute Gasteiger partial charge is 0.248 e. The van der Waals surface area contributed by atoms with Crippen LogP contribution in [-0.2, 0) is 9.59 Å². The molecule has 0 bridgehead atoms. The van der Waals surface area contributed by atoms with Gasteiger partial charge in [0, 0.05) is 42.7 Å². The van der Waals surface area contributed by atoms with Crippen LogP contribution in [0.5, 0.6) is 23.0 Å². The Morgan fingerprint density at radius 2 is 1.83 bits per heavy atom. The van der Waals surface area contributed by atoms with Crippen LogP contribution in [-0.4, -0.2) is 71.2 Å². The molecule has 1 atom stereocenters. The Morgan fingerprint density at radius 3 is 2.48 bits per heavy atom. The number of carbonyl (C=O) groups is 2. The molecule has 238 valence electrons. The Kier molecular flexibility index (Phi) is 7.74. The number of hydrogen-bond acceptors (Lipinski definition) is 9. The Morgan fingerprint density at radius 1 is 1.02 bits per heavy atom. The Balaban J connectivity index is 1.06. The summed E-state index contributed by atoms with van der Waals surface area (Å²) >= 11 is 0. The summed E-state index contributed by atoms with van der Waals surface area (Å²) < 4.78 is 18.0. The SMILES string of the molecule is COc1cc2c(Oc3ccc(N(C(=O)C4(C(N)=O)CC4)c4ccccc4)nc3)ccnc2cc1OCCCN1CC(O)C2(CC2)C1. The molecule has 2 aliphatic carbocycles. The van der Waals surface area contributed by atoms with Gasteiger partial charge in [-0.3, -0.25) is 24.4 Å². The number of para-hydroxylation sites is 1. The highest BCUT2D eigenvalue weighted by Gasteiger charge is 2.57. The number of rotatable bonds is 12. The Bertz CT molecular complexity index is 1760. The zero-order valence-electron chi connectivity index (χ0n) is 25.7. The molecule has 1 saturated heterocycles. The minimum Gasteiger partial charge on any atom is -0.493 e. The van der Waals surface area contributed by atoms with Crippen molar-refractivity contribution in [3.63, 3.8) is 0 Å². The number of carbonyl (C=O) groups excluding carboxylic acids is 2. The lowest BCUT2D eigenvalue weighted by Gasteiger charge is -2.25. The van der Waals surface area contributed by atoms with Crippen LogP contribution in [0.2, 0.25) is 0 Å². The third kappa shape index (κ3) is 5.60. The summed E-state index contributed by atoms with van der Waals surface area (Å²) in [7, 11) is 1.60. The van der Waals surface area contributed by atoms with Crippen molar-refractivity contribution in [2.24, 2.45) is 16.6 Å². The summed E-state index contributed by atoms with van der Waals surface area (Å²) in [6.07, 6.45) is 6.92. The van der Waals surface area contributed by atoms with E-state index >= 15 is 0 Å². The van der Waals surface area contributed by atoms with Gasteiger partial charge in [0.15, 0.2) is 11.5 Å². The minimum absolute atomic E-state index is 0.152. The molecule has 2 aromatic heterocycles. The van der Waals surface area contributed by atoms with Crippen LogP contribution in [0.3, 0.4) is 0 Å². The number of amides is 2. The zero-order valence-corrected chi connectivity index (χ0v) is 25.7. The summed E-state index contributed by atoms with van der Waals surface area (Å²) in [5.41, 5.74) is 5.84. The summed E-state index contributed by atoms with van der Waals surface area (Å²) in [6, 6.07) is 17.9. The lowest BCUT2D eigenvalue weighted by atomic mass is 10.0. The highest BCUT2D eigenvalue weighted by atomic mass is 16.5. The molecule has 2 saturated carbocycles. The van der Waals surface area contributed by atoms with Crippen molar-refractivity contribution in [1.82, 2.24) is 14.9 Å². The van der Waals surface area contributed by atoms with E-state index in [0.717, 1.165) is 44.3 Å². The molecule has 3 aliphatic rings. The Hall–Kier alpha value is -4.74. The molecule has 3 heterocycles. The second kappa shape index (κ2) is 11.9. The lowest BCUT2D eigenvalue weighted by molar-refractivity contribution is -0.133. The number of benzene rings is 2. The molecule has 46 heavy (non-hydrogen) atoms. The van der Waals surface area contributed by atoms with Crippen molar-refractivity contribution >= 4 is 34.2 Å². The molecular weight excluding hydrogens is 586 g/mol. The van der Waals surface area contributed by atoms with Crippen molar-refractivity contribution in [2.45, 2.75) is 38.2 Å². The number of aromatic nitrogens is 2. The van der Waals surface area contributed by atoms with Gasteiger partial charge in [-0.05, 0) is 68.5 Å². The van der Waals surface area contributed by atoms with Crippen LogP contribution in [0.25, 0.3) is 10.9 Å². The van der Waals surface area contributed by atoms with Gasteiger partial charge in [-0.2, -0.15) is 0 Å². The normalized spacial score (nSPS) is 19.1. The number of primary amides is 1. The monoisotopic (exact) mass is 623 g/mol.